The molecular weight excluding hydrogens is 412 g/mol. The molecule has 0 unspecified atom stereocenters. The molecule has 2 aromatic rings. The summed E-state index contributed by atoms with van der Waals surface area (Å²) >= 11 is 3.36. The van der Waals surface area contributed by atoms with Crippen molar-refractivity contribution in [1.29, 1.82) is 0 Å². The zero-order valence-corrected chi connectivity index (χ0v) is 15.3. The molecule has 3 rings (SSSR count). The fourth-order valence-corrected chi connectivity index (χ4v) is 3.71. The second kappa shape index (κ2) is 6.94. The molecule has 9 nitrogen and oxygen atoms in total. The fraction of sp³-hybridized carbons (Fsp3) is 0.214. The number of anilines is 3. The molecule has 2 heterocycles. The average molecular weight is 427 g/mol. The van der Waals surface area contributed by atoms with Gasteiger partial charge in [-0.25, -0.2) is 18.1 Å². The van der Waals surface area contributed by atoms with Crippen LogP contribution in [0.25, 0.3) is 0 Å². The van der Waals surface area contributed by atoms with Gasteiger partial charge in [0, 0.05) is 30.5 Å². The maximum Gasteiger partial charge on any atom is 0.248 e. The molecule has 1 amide bonds. The van der Waals surface area contributed by atoms with E-state index in [9.17, 15) is 13.2 Å². The molecule has 25 heavy (non-hydrogen) atoms. The van der Waals surface area contributed by atoms with E-state index in [0.29, 0.717) is 28.9 Å². The van der Waals surface area contributed by atoms with Crippen LogP contribution >= 0.6 is 15.9 Å². The van der Waals surface area contributed by atoms with Gasteiger partial charge < -0.3 is 16.4 Å². The zero-order valence-electron chi connectivity index (χ0n) is 12.9. The number of sulfonamides is 1. The number of nitrogens with zero attached hydrogens (tertiary/aromatic N) is 2. The number of fused-ring (bicyclic) bond motifs is 4. The topological polar surface area (TPSA) is 139 Å². The summed E-state index contributed by atoms with van der Waals surface area (Å²) in [5.74, 6) is 0.0947. The third kappa shape index (κ3) is 4.06. The van der Waals surface area contributed by atoms with Gasteiger partial charge in [0.2, 0.25) is 21.9 Å². The number of hydrogen-bond donors (Lipinski definition) is 4. The van der Waals surface area contributed by atoms with Gasteiger partial charge in [-0.1, -0.05) is 0 Å². The van der Waals surface area contributed by atoms with E-state index < -0.39 is 15.9 Å². The summed E-state index contributed by atoms with van der Waals surface area (Å²) < 4.78 is 28.0. The Labute approximate surface area is 152 Å². The van der Waals surface area contributed by atoms with E-state index >= 15 is 0 Å². The Hall–Kier alpha value is -2.24. The van der Waals surface area contributed by atoms with E-state index in [0.717, 1.165) is 0 Å². The molecule has 5 N–H and O–H groups in total. The van der Waals surface area contributed by atoms with Gasteiger partial charge in [-0.2, -0.15) is 4.98 Å². The van der Waals surface area contributed by atoms with Crippen molar-refractivity contribution in [2.75, 3.05) is 23.7 Å². The van der Waals surface area contributed by atoms with Gasteiger partial charge in [-0.3, -0.25) is 4.79 Å². The van der Waals surface area contributed by atoms with Gasteiger partial charge in [0.05, 0.1) is 9.37 Å². The summed E-state index contributed by atoms with van der Waals surface area (Å²) in [4.78, 5) is 19.9. The Morgan fingerprint density at radius 2 is 2.04 bits per heavy atom. The van der Waals surface area contributed by atoms with Gasteiger partial charge in [-0.05, 0) is 40.5 Å². The fourth-order valence-electron chi connectivity index (χ4n) is 2.23. The molecule has 0 saturated heterocycles. The summed E-state index contributed by atoms with van der Waals surface area (Å²) in [5.41, 5.74) is 5.72. The van der Waals surface area contributed by atoms with Crippen molar-refractivity contribution in [2.24, 2.45) is 5.73 Å². The summed E-state index contributed by atoms with van der Waals surface area (Å²) in [6, 6.07) is 4.08. The third-order valence-electron chi connectivity index (χ3n) is 3.44. The third-order valence-corrected chi connectivity index (χ3v) is 5.46. The number of nitrogens with two attached hydrogens (primary N) is 1. The number of primary amides is 1. The Morgan fingerprint density at radius 3 is 2.80 bits per heavy atom. The predicted molar refractivity (Wildman–Crippen MR) is 96.3 cm³/mol. The van der Waals surface area contributed by atoms with Crippen LogP contribution in [0.3, 0.4) is 0 Å². The van der Waals surface area contributed by atoms with Gasteiger partial charge in [-0.15, -0.1) is 0 Å². The first kappa shape index (κ1) is 17.6. The van der Waals surface area contributed by atoms with Crippen molar-refractivity contribution < 1.29 is 13.2 Å². The van der Waals surface area contributed by atoms with Crippen LogP contribution in [-0.2, 0) is 10.0 Å². The van der Waals surface area contributed by atoms with Crippen LogP contribution in [0, 0.1) is 0 Å². The van der Waals surface area contributed by atoms with Crippen LogP contribution in [0.4, 0.5) is 17.5 Å². The molecule has 132 valence electrons. The molecule has 1 aromatic heterocycles. The van der Waals surface area contributed by atoms with E-state index in [4.69, 9.17) is 5.73 Å². The Kier molecular flexibility index (Phi) is 4.88. The van der Waals surface area contributed by atoms with Crippen LogP contribution in [0.1, 0.15) is 16.8 Å². The van der Waals surface area contributed by atoms with Crippen molar-refractivity contribution in [3.8, 4) is 0 Å². The molecule has 0 atom stereocenters. The maximum absolute atomic E-state index is 12.4. The Balaban J connectivity index is 2.12. The molecule has 0 aliphatic carbocycles. The summed E-state index contributed by atoms with van der Waals surface area (Å²) in [5, 5.41) is 6.01. The van der Waals surface area contributed by atoms with Crippen molar-refractivity contribution >= 4 is 49.3 Å². The van der Waals surface area contributed by atoms with E-state index in [1.165, 1.54) is 18.2 Å². The molecule has 1 aliphatic rings. The molecule has 0 spiro atoms. The standard InChI is InChI=1S/C14H15BrN6O3S/c15-11-7-18-14-20-9-4-8(12(16)22)5-10(6-9)25(23,24)19-3-1-2-17-13(11)21-14/h4-7,19H,1-3H2,(H2,16,22)(H2,17,18,20,21). The lowest BCUT2D eigenvalue weighted by atomic mass is 10.2. The van der Waals surface area contributed by atoms with Gasteiger partial charge in [0.1, 0.15) is 5.82 Å². The molecule has 1 aliphatic heterocycles. The molecule has 4 bridgehead atoms. The number of rotatable bonds is 1. The number of halogens is 1. The number of nitrogens with one attached hydrogen (secondary N) is 3. The number of hydrogen-bond acceptors (Lipinski definition) is 7. The molecule has 0 saturated carbocycles. The highest BCUT2D eigenvalue weighted by molar-refractivity contribution is 9.10. The van der Waals surface area contributed by atoms with Gasteiger partial charge in [0.25, 0.3) is 0 Å². The summed E-state index contributed by atoms with van der Waals surface area (Å²) in [7, 11) is -3.78. The summed E-state index contributed by atoms with van der Waals surface area (Å²) in [6.45, 7) is 0.746. The highest BCUT2D eigenvalue weighted by Gasteiger charge is 2.18. The monoisotopic (exact) mass is 426 g/mol. The van der Waals surface area contributed by atoms with Crippen LogP contribution < -0.4 is 21.1 Å². The first-order valence-electron chi connectivity index (χ1n) is 7.33. The average Bonchev–Trinajstić information content (AvgIpc) is 2.56. The van der Waals surface area contributed by atoms with E-state index in [1.54, 1.807) is 6.20 Å². The lowest BCUT2D eigenvalue weighted by molar-refractivity contribution is 0.1000. The second-order valence-electron chi connectivity index (χ2n) is 5.30. The second-order valence-corrected chi connectivity index (χ2v) is 7.92. The predicted octanol–water partition coefficient (Wildman–Crippen LogP) is 1.18. The minimum atomic E-state index is -3.78. The van der Waals surface area contributed by atoms with Gasteiger partial charge >= 0.3 is 0 Å². The van der Waals surface area contributed by atoms with E-state index in [1.807, 2.05) is 0 Å². The normalized spacial score (nSPS) is 16.4. The highest BCUT2D eigenvalue weighted by atomic mass is 79.9. The lowest BCUT2D eigenvalue weighted by Gasteiger charge is -2.11. The summed E-state index contributed by atoms with van der Waals surface area (Å²) in [6.07, 6.45) is 2.12. The number of carbonyl (C=O) groups is 1. The smallest absolute Gasteiger partial charge is 0.248 e. The molecule has 0 fully saturated rings. The minimum Gasteiger partial charge on any atom is -0.369 e. The number of amides is 1. The minimum absolute atomic E-state index is 0.0594. The maximum atomic E-state index is 12.4. The number of carbonyl (C=O) groups excluding carboxylic acids is 1. The SMILES string of the molecule is NC(=O)c1cc2cc(c1)S(=O)(=O)NCCCNc1nc(ncc1Br)N2. The largest absolute Gasteiger partial charge is 0.369 e. The first-order chi connectivity index (χ1) is 11.8. The lowest BCUT2D eigenvalue weighted by Crippen LogP contribution is -2.26. The van der Waals surface area contributed by atoms with Crippen molar-refractivity contribution in [2.45, 2.75) is 11.3 Å². The Bertz CT molecular complexity index is 934. The molecule has 11 heteroatoms. The highest BCUT2D eigenvalue weighted by Crippen LogP contribution is 2.24. The molecular formula is C14H15BrN6O3S. The quantitative estimate of drug-likeness (QED) is 0.536. The Morgan fingerprint density at radius 1 is 1.24 bits per heavy atom. The van der Waals surface area contributed by atoms with Crippen LogP contribution in [0.15, 0.2) is 33.8 Å². The van der Waals surface area contributed by atoms with Crippen molar-refractivity contribution in [3.05, 3.63) is 34.4 Å². The van der Waals surface area contributed by atoms with Crippen molar-refractivity contribution in [1.82, 2.24) is 14.7 Å². The first-order valence-corrected chi connectivity index (χ1v) is 9.61. The van der Waals surface area contributed by atoms with Crippen LogP contribution in [0.5, 0.6) is 0 Å². The van der Waals surface area contributed by atoms with Crippen LogP contribution in [0.2, 0.25) is 0 Å². The molecule has 1 aromatic carbocycles. The van der Waals surface area contributed by atoms with Crippen LogP contribution in [-0.4, -0.2) is 37.4 Å². The number of benzene rings is 1. The van der Waals surface area contributed by atoms with Gasteiger partial charge in [0.15, 0.2) is 0 Å². The zero-order chi connectivity index (χ0) is 18.0. The van der Waals surface area contributed by atoms with E-state index in [-0.39, 0.29) is 23.0 Å². The van der Waals surface area contributed by atoms with E-state index in [2.05, 4.69) is 41.3 Å². The number of aromatic nitrogens is 2. The van der Waals surface area contributed by atoms with Crippen molar-refractivity contribution in [3.63, 3.8) is 0 Å². The molecule has 0 radical (unpaired) electrons.